The second-order valence-corrected chi connectivity index (χ2v) is 7.39. The Morgan fingerprint density at radius 3 is 2.20 bits per heavy atom. The molecule has 0 aliphatic rings. The Morgan fingerprint density at radius 2 is 1.57 bits per heavy atom. The fourth-order valence-corrected chi connectivity index (χ4v) is 3.23. The maximum atomic E-state index is 12.5. The predicted octanol–water partition coefficient (Wildman–Crippen LogP) is 6.77. The zero-order valence-corrected chi connectivity index (χ0v) is 17.8. The van der Waals surface area contributed by atoms with Gasteiger partial charge in [0.1, 0.15) is 24.0 Å². The lowest BCUT2D eigenvalue weighted by molar-refractivity contribution is -0.112. The minimum absolute atomic E-state index is 0.0873. The van der Waals surface area contributed by atoms with Crippen LogP contribution in [0.1, 0.15) is 11.1 Å². The first-order valence-electron chi connectivity index (χ1n) is 8.81. The number of hydrogen-bond acceptors (Lipinski definition) is 3. The highest BCUT2D eigenvalue weighted by atomic mass is 35.5. The van der Waals surface area contributed by atoms with Crippen LogP contribution in [0.5, 0.6) is 5.75 Å². The van der Waals surface area contributed by atoms with E-state index in [-0.39, 0.29) is 21.3 Å². The Labute approximate surface area is 189 Å². The van der Waals surface area contributed by atoms with Crippen LogP contribution in [0.15, 0.2) is 72.3 Å². The van der Waals surface area contributed by atoms with Crippen molar-refractivity contribution in [2.75, 3.05) is 5.32 Å². The van der Waals surface area contributed by atoms with E-state index >= 15 is 0 Å². The third-order valence-electron chi connectivity index (χ3n) is 4.11. The second-order valence-electron chi connectivity index (χ2n) is 6.17. The Bertz CT molecular complexity index is 1120. The van der Waals surface area contributed by atoms with E-state index in [9.17, 15) is 10.1 Å². The van der Waals surface area contributed by atoms with Gasteiger partial charge >= 0.3 is 0 Å². The summed E-state index contributed by atoms with van der Waals surface area (Å²) in [6, 6.07) is 21.2. The number of halogens is 3. The van der Waals surface area contributed by atoms with E-state index in [1.54, 1.807) is 48.5 Å². The van der Waals surface area contributed by atoms with Crippen LogP contribution in [0, 0.1) is 11.3 Å². The number of benzene rings is 3. The van der Waals surface area contributed by atoms with Gasteiger partial charge in [-0.25, -0.2) is 0 Å². The molecular weight excluding hydrogens is 443 g/mol. The second kappa shape index (κ2) is 10.2. The molecule has 150 valence electrons. The van der Waals surface area contributed by atoms with Gasteiger partial charge in [0.2, 0.25) is 0 Å². The number of amides is 1. The van der Waals surface area contributed by atoms with Crippen molar-refractivity contribution in [3.05, 3.63) is 98.5 Å². The molecule has 0 saturated heterocycles. The normalized spacial score (nSPS) is 10.9. The average molecular weight is 458 g/mol. The van der Waals surface area contributed by atoms with Crippen LogP contribution in [0.25, 0.3) is 6.08 Å². The summed E-state index contributed by atoms with van der Waals surface area (Å²) in [5.74, 6) is 0.0319. The summed E-state index contributed by atoms with van der Waals surface area (Å²) in [5, 5.41) is 13.2. The number of carbonyl (C=O) groups is 1. The molecule has 0 aromatic heterocycles. The summed E-state index contributed by atoms with van der Waals surface area (Å²) in [6.45, 7) is 0.333. The molecule has 0 spiro atoms. The van der Waals surface area contributed by atoms with Crippen molar-refractivity contribution >= 4 is 52.5 Å². The standard InChI is InChI=1S/C23H15Cl3N2O2/c24-19-5-2-1-4-16(19)14-30-18-10-8-15(9-11-18)12-17(13-27)23(29)28-22-20(25)6-3-7-21(22)26/h1-12H,14H2,(H,28,29)/b17-12+. The van der Waals surface area contributed by atoms with Gasteiger partial charge in [0, 0.05) is 10.6 Å². The highest BCUT2D eigenvalue weighted by Crippen LogP contribution is 2.30. The highest BCUT2D eigenvalue weighted by Gasteiger charge is 2.14. The van der Waals surface area contributed by atoms with Gasteiger partial charge in [-0.3, -0.25) is 4.79 Å². The van der Waals surface area contributed by atoms with Gasteiger partial charge in [-0.15, -0.1) is 0 Å². The Balaban J connectivity index is 1.69. The lowest BCUT2D eigenvalue weighted by Crippen LogP contribution is -2.14. The summed E-state index contributed by atoms with van der Waals surface area (Å²) in [5.41, 5.74) is 1.72. The fourth-order valence-electron chi connectivity index (χ4n) is 2.55. The summed E-state index contributed by atoms with van der Waals surface area (Å²) in [4.78, 5) is 12.5. The number of ether oxygens (including phenoxy) is 1. The largest absolute Gasteiger partial charge is 0.489 e. The van der Waals surface area contributed by atoms with Gasteiger partial charge in [-0.2, -0.15) is 5.26 Å². The summed E-state index contributed by atoms with van der Waals surface area (Å²) in [7, 11) is 0. The Hall–Kier alpha value is -2.97. The topological polar surface area (TPSA) is 62.1 Å². The van der Waals surface area contributed by atoms with E-state index in [1.807, 2.05) is 24.3 Å². The molecule has 0 bridgehead atoms. The van der Waals surface area contributed by atoms with Crippen molar-refractivity contribution in [3.63, 3.8) is 0 Å². The van der Waals surface area contributed by atoms with Crippen molar-refractivity contribution in [3.8, 4) is 11.8 Å². The number of nitriles is 1. The van der Waals surface area contributed by atoms with Gasteiger partial charge < -0.3 is 10.1 Å². The van der Waals surface area contributed by atoms with Crippen LogP contribution in [-0.4, -0.2) is 5.91 Å². The van der Waals surface area contributed by atoms with Crippen molar-refractivity contribution in [1.82, 2.24) is 0 Å². The molecule has 3 aromatic carbocycles. The Morgan fingerprint density at radius 1 is 0.933 bits per heavy atom. The van der Waals surface area contributed by atoms with Crippen LogP contribution in [0.4, 0.5) is 5.69 Å². The van der Waals surface area contributed by atoms with Crippen molar-refractivity contribution in [2.24, 2.45) is 0 Å². The summed E-state index contributed by atoms with van der Waals surface area (Å²) < 4.78 is 5.73. The molecule has 0 saturated carbocycles. The number of anilines is 1. The SMILES string of the molecule is N#C/C(=C\c1ccc(OCc2ccccc2Cl)cc1)C(=O)Nc1c(Cl)cccc1Cl. The number of rotatable bonds is 6. The van der Waals surface area contributed by atoms with E-state index in [1.165, 1.54) is 6.08 Å². The molecule has 0 aliphatic carbocycles. The first-order chi connectivity index (χ1) is 14.5. The summed E-state index contributed by atoms with van der Waals surface area (Å²) >= 11 is 18.2. The highest BCUT2D eigenvalue weighted by molar-refractivity contribution is 6.40. The molecule has 3 aromatic rings. The maximum Gasteiger partial charge on any atom is 0.266 e. The predicted molar refractivity (Wildman–Crippen MR) is 121 cm³/mol. The number of carbonyl (C=O) groups excluding carboxylic acids is 1. The monoisotopic (exact) mass is 456 g/mol. The van der Waals surface area contributed by atoms with Gasteiger partial charge in [0.05, 0.1) is 15.7 Å². The molecule has 0 fully saturated rings. The minimum Gasteiger partial charge on any atom is -0.489 e. The van der Waals surface area contributed by atoms with Crippen molar-refractivity contribution in [2.45, 2.75) is 6.61 Å². The van der Waals surface area contributed by atoms with E-state index in [0.29, 0.717) is 22.9 Å². The summed E-state index contributed by atoms with van der Waals surface area (Å²) in [6.07, 6.45) is 1.47. The maximum absolute atomic E-state index is 12.5. The Kier molecular flexibility index (Phi) is 7.37. The van der Waals surface area contributed by atoms with Crippen LogP contribution in [0.2, 0.25) is 15.1 Å². The van der Waals surface area contributed by atoms with E-state index in [2.05, 4.69) is 5.32 Å². The van der Waals surface area contributed by atoms with Crippen molar-refractivity contribution < 1.29 is 9.53 Å². The van der Waals surface area contributed by atoms with Gasteiger partial charge in [-0.05, 0) is 42.0 Å². The molecule has 4 nitrogen and oxygen atoms in total. The zero-order valence-electron chi connectivity index (χ0n) is 15.5. The first kappa shape index (κ1) is 21.7. The smallest absolute Gasteiger partial charge is 0.266 e. The van der Waals surface area contributed by atoms with Crippen LogP contribution < -0.4 is 10.1 Å². The number of nitrogens with one attached hydrogen (secondary N) is 1. The molecule has 0 unspecified atom stereocenters. The number of hydrogen-bond donors (Lipinski definition) is 1. The molecule has 1 amide bonds. The molecule has 30 heavy (non-hydrogen) atoms. The minimum atomic E-state index is -0.605. The third-order valence-corrected chi connectivity index (χ3v) is 5.11. The van der Waals surface area contributed by atoms with Crippen LogP contribution >= 0.6 is 34.8 Å². The van der Waals surface area contributed by atoms with E-state index in [4.69, 9.17) is 39.5 Å². The van der Waals surface area contributed by atoms with Crippen LogP contribution in [0.3, 0.4) is 0 Å². The third kappa shape index (κ3) is 5.55. The molecule has 0 aliphatic heterocycles. The lowest BCUT2D eigenvalue weighted by atomic mass is 10.1. The number of nitrogens with zero attached hydrogens (tertiary/aromatic N) is 1. The molecule has 1 N–H and O–H groups in total. The first-order valence-corrected chi connectivity index (χ1v) is 9.95. The zero-order chi connectivity index (χ0) is 21.5. The van der Waals surface area contributed by atoms with E-state index < -0.39 is 5.91 Å². The van der Waals surface area contributed by atoms with Gasteiger partial charge in [0.15, 0.2) is 0 Å². The molecular formula is C23H15Cl3N2O2. The average Bonchev–Trinajstić information content (AvgIpc) is 2.75. The van der Waals surface area contributed by atoms with Crippen molar-refractivity contribution in [1.29, 1.82) is 5.26 Å². The molecule has 0 radical (unpaired) electrons. The number of para-hydroxylation sites is 1. The van der Waals surface area contributed by atoms with Gasteiger partial charge in [0.25, 0.3) is 5.91 Å². The quantitative estimate of drug-likeness (QED) is 0.328. The molecule has 7 heteroatoms. The van der Waals surface area contributed by atoms with E-state index in [0.717, 1.165) is 5.56 Å². The lowest BCUT2D eigenvalue weighted by Gasteiger charge is -2.09. The molecule has 0 heterocycles. The van der Waals surface area contributed by atoms with Crippen LogP contribution in [-0.2, 0) is 11.4 Å². The fraction of sp³-hybridized carbons (Fsp3) is 0.0435. The van der Waals surface area contributed by atoms with Gasteiger partial charge in [-0.1, -0.05) is 71.2 Å². The molecule has 0 atom stereocenters. The molecule has 3 rings (SSSR count).